The highest BCUT2D eigenvalue weighted by Gasteiger charge is 2.29. The van der Waals surface area contributed by atoms with E-state index in [0.717, 1.165) is 11.3 Å². The number of Topliss-reactive ketones (excluding diaryl/α,β-unsaturated/α-hetero) is 1. The number of ketones is 1. The maximum Gasteiger partial charge on any atom is 0.170 e. The van der Waals surface area contributed by atoms with Crippen molar-refractivity contribution in [2.75, 3.05) is 0 Å². The topological polar surface area (TPSA) is 44.1 Å². The van der Waals surface area contributed by atoms with Crippen LogP contribution in [-0.4, -0.2) is 15.6 Å². The second kappa shape index (κ2) is 4.38. The Balaban J connectivity index is 1.99. The first kappa shape index (κ1) is 12.2. The Kier molecular flexibility index (Phi) is 2.82. The van der Waals surface area contributed by atoms with Gasteiger partial charge in [-0.3, -0.25) is 9.48 Å². The Bertz CT molecular complexity index is 663. The molecule has 0 radical (unpaired) electrons. The van der Waals surface area contributed by atoms with Crippen molar-refractivity contribution in [3.8, 4) is 5.75 Å². The van der Waals surface area contributed by atoms with Gasteiger partial charge in [0.1, 0.15) is 11.9 Å². The molecular formula is C14H13ClN2O2. The second-order valence-corrected chi connectivity index (χ2v) is 5.15. The van der Waals surface area contributed by atoms with Crippen molar-refractivity contribution in [3.05, 3.63) is 46.2 Å². The molecular weight excluding hydrogens is 264 g/mol. The molecule has 19 heavy (non-hydrogen) atoms. The molecule has 0 N–H and O–H groups in total. The Hall–Kier alpha value is -1.81. The van der Waals surface area contributed by atoms with E-state index >= 15 is 0 Å². The molecule has 1 aliphatic rings. The van der Waals surface area contributed by atoms with Crippen molar-refractivity contribution < 1.29 is 9.53 Å². The number of halogens is 1. The Morgan fingerprint density at radius 3 is 2.95 bits per heavy atom. The molecule has 0 fully saturated rings. The first-order valence-electron chi connectivity index (χ1n) is 6.04. The van der Waals surface area contributed by atoms with Crippen LogP contribution < -0.4 is 4.74 Å². The first-order chi connectivity index (χ1) is 9.04. The number of ether oxygens (including phenoxy) is 1. The fourth-order valence-corrected chi connectivity index (χ4v) is 2.58. The molecule has 2 aromatic rings. The summed E-state index contributed by atoms with van der Waals surface area (Å²) in [5.74, 6) is 0.644. The number of rotatable bonds is 1. The Labute approximate surface area is 115 Å². The van der Waals surface area contributed by atoms with E-state index in [4.69, 9.17) is 16.3 Å². The number of nitrogens with zero attached hydrogens (tertiary/aromatic N) is 2. The molecule has 0 saturated heterocycles. The summed E-state index contributed by atoms with van der Waals surface area (Å²) in [4.78, 5) is 12.2. The monoisotopic (exact) mass is 276 g/mol. The fraction of sp³-hybridized carbons (Fsp3) is 0.286. The van der Waals surface area contributed by atoms with Crippen LogP contribution >= 0.6 is 11.6 Å². The van der Waals surface area contributed by atoms with Gasteiger partial charge in [0.05, 0.1) is 17.7 Å². The molecule has 2 heterocycles. The average Bonchev–Trinajstić information content (AvgIpc) is 2.69. The number of hydrogen-bond donors (Lipinski definition) is 0. The number of aryl methyl sites for hydroxylation is 2. The lowest BCUT2D eigenvalue weighted by Crippen LogP contribution is -2.20. The zero-order valence-electron chi connectivity index (χ0n) is 10.7. The fourth-order valence-electron chi connectivity index (χ4n) is 2.40. The predicted molar refractivity (Wildman–Crippen MR) is 71.7 cm³/mol. The molecule has 1 unspecified atom stereocenters. The lowest BCUT2D eigenvalue weighted by atomic mass is 9.97. The van der Waals surface area contributed by atoms with Crippen molar-refractivity contribution in [1.82, 2.24) is 9.78 Å². The van der Waals surface area contributed by atoms with E-state index < -0.39 is 0 Å². The van der Waals surface area contributed by atoms with Gasteiger partial charge in [0.25, 0.3) is 0 Å². The summed E-state index contributed by atoms with van der Waals surface area (Å²) in [5, 5.41) is 4.83. The standard InChI is InChI=1S/C14H13ClN2O2/c1-8-11(7-17(2)16-8)14-6-12(18)10-5-9(15)3-4-13(10)19-14/h3-5,7,14H,6H2,1-2H3. The third-order valence-corrected chi connectivity index (χ3v) is 3.52. The minimum atomic E-state index is -0.269. The summed E-state index contributed by atoms with van der Waals surface area (Å²) in [5.41, 5.74) is 2.40. The Morgan fingerprint density at radius 1 is 1.47 bits per heavy atom. The Morgan fingerprint density at radius 2 is 2.26 bits per heavy atom. The van der Waals surface area contributed by atoms with Crippen LogP contribution in [0.1, 0.15) is 34.1 Å². The van der Waals surface area contributed by atoms with Crippen molar-refractivity contribution in [3.63, 3.8) is 0 Å². The molecule has 1 aromatic heterocycles. The van der Waals surface area contributed by atoms with Gasteiger partial charge in [-0.1, -0.05) is 11.6 Å². The quantitative estimate of drug-likeness (QED) is 0.804. The summed E-state index contributed by atoms with van der Waals surface area (Å²) < 4.78 is 7.64. The minimum absolute atomic E-state index is 0.0528. The van der Waals surface area contributed by atoms with Gasteiger partial charge in [-0.2, -0.15) is 5.10 Å². The third kappa shape index (κ3) is 2.12. The van der Waals surface area contributed by atoms with Crippen LogP contribution in [0.15, 0.2) is 24.4 Å². The van der Waals surface area contributed by atoms with Crippen molar-refractivity contribution in [2.24, 2.45) is 7.05 Å². The van der Waals surface area contributed by atoms with Gasteiger partial charge in [-0.25, -0.2) is 0 Å². The molecule has 3 rings (SSSR count). The largest absolute Gasteiger partial charge is 0.484 e. The highest BCUT2D eigenvalue weighted by Crippen LogP contribution is 2.36. The SMILES string of the molecule is Cc1nn(C)cc1C1CC(=O)c2cc(Cl)ccc2O1. The van der Waals surface area contributed by atoms with Gasteiger partial charge in [-0.15, -0.1) is 0 Å². The molecule has 1 aliphatic heterocycles. The second-order valence-electron chi connectivity index (χ2n) is 4.72. The molecule has 0 aliphatic carbocycles. The number of aromatic nitrogens is 2. The van der Waals surface area contributed by atoms with Gasteiger partial charge in [0.2, 0.25) is 0 Å². The van der Waals surface area contributed by atoms with Gasteiger partial charge < -0.3 is 4.74 Å². The highest BCUT2D eigenvalue weighted by molar-refractivity contribution is 6.31. The molecule has 0 spiro atoms. The van der Waals surface area contributed by atoms with E-state index in [0.29, 0.717) is 22.8 Å². The van der Waals surface area contributed by atoms with Crippen molar-refractivity contribution >= 4 is 17.4 Å². The number of carbonyl (C=O) groups excluding carboxylic acids is 1. The maximum atomic E-state index is 12.2. The van der Waals surface area contributed by atoms with E-state index in [-0.39, 0.29) is 11.9 Å². The predicted octanol–water partition coefficient (Wildman–Crippen LogP) is 3.09. The smallest absolute Gasteiger partial charge is 0.170 e. The lowest BCUT2D eigenvalue weighted by molar-refractivity contribution is 0.0849. The molecule has 4 nitrogen and oxygen atoms in total. The highest BCUT2D eigenvalue weighted by atomic mass is 35.5. The van der Waals surface area contributed by atoms with Crippen molar-refractivity contribution in [1.29, 1.82) is 0 Å². The molecule has 0 bridgehead atoms. The molecule has 1 aromatic carbocycles. The van der Waals surface area contributed by atoms with Crippen molar-refractivity contribution in [2.45, 2.75) is 19.4 Å². The van der Waals surface area contributed by atoms with Crippen LogP contribution in [0.25, 0.3) is 0 Å². The molecule has 0 amide bonds. The molecule has 0 saturated carbocycles. The zero-order chi connectivity index (χ0) is 13.6. The minimum Gasteiger partial charge on any atom is -0.484 e. The third-order valence-electron chi connectivity index (χ3n) is 3.28. The normalized spacial score (nSPS) is 18.1. The number of hydrogen-bond acceptors (Lipinski definition) is 3. The summed E-state index contributed by atoms with van der Waals surface area (Å²) >= 11 is 5.90. The summed E-state index contributed by atoms with van der Waals surface area (Å²) in [6, 6.07) is 5.13. The van der Waals surface area contributed by atoms with E-state index in [1.165, 1.54) is 0 Å². The lowest BCUT2D eigenvalue weighted by Gasteiger charge is -2.25. The van der Waals surface area contributed by atoms with Crippen LogP contribution in [0.3, 0.4) is 0 Å². The number of benzene rings is 1. The van der Waals surface area contributed by atoms with Gasteiger partial charge in [0.15, 0.2) is 5.78 Å². The molecule has 1 atom stereocenters. The molecule has 5 heteroatoms. The van der Waals surface area contributed by atoms with Gasteiger partial charge in [0, 0.05) is 23.8 Å². The molecule has 98 valence electrons. The first-order valence-corrected chi connectivity index (χ1v) is 6.42. The summed E-state index contributed by atoms with van der Waals surface area (Å²) in [6.07, 6.45) is 1.95. The number of carbonyl (C=O) groups is 1. The maximum absolute atomic E-state index is 12.2. The van der Waals surface area contributed by atoms with Crippen LogP contribution in [0, 0.1) is 6.92 Å². The van der Waals surface area contributed by atoms with E-state index in [1.807, 2.05) is 20.2 Å². The zero-order valence-corrected chi connectivity index (χ0v) is 11.4. The van der Waals surface area contributed by atoms with Crippen LogP contribution in [0.4, 0.5) is 0 Å². The van der Waals surface area contributed by atoms with Gasteiger partial charge in [-0.05, 0) is 25.1 Å². The summed E-state index contributed by atoms with van der Waals surface area (Å²) in [7, 11) is 1.86. The van der Waals surface area contributed by atoms with Crippen LogP contribution in [0.2, 0.25) is 5.02 Å². The van der Waals surface area contributed by atoms with Crippen LogP contribution in [0.5, 0.6) is 5.75 Å². The average molecular weight is 277 g/mol. The van der Waals surface area contributed by atoms with E-state index in [2.05, 4.69) is 5.10 Å². The number of fused-ring (bicyclic) bond motifs is 1. The van der Waals surface area contributed by atoms with Crippen LogP contribution in [-0.2, 0) is 7.05 Å². The van der Waals surface area contributed by atoms with E-state index in [1.54, 1.807) is 22.9 Å². The summed E-state index contributed by atoms with van der Waals surface area (Å²) in [6.45, 7) is 1.92. The van der Waals surface area contributed by atoms with E-state index in [9.17, 15) is 4.79 Å². The van der Waals surface area contributed by atoms with Gasteiger partial charge >= 0.3 is 0 Å².